The van der Waals surface area contributed by atoms with E-state index in [1.165, 1.54) is 23.9 Å². The van der Waals surface area contributed by atoms with Crippen molar-refractivity contribution in [3.63, 3.8) is 0 Å². The van der Waals surface area contributed by atoms with E-state index in [-0.39, 0.29) is 16.7 Å². The molecule has 6 nitrogen and oxygen atoms in total. The number of hydrogen-bond acceptors (Lipinski definition) is 5. The second-order valence-corrected chi connectivity index (χ2v) is 6.47. The molecule has 0 unspecified atom stereocenters. The number of hydrogen-bond donors (Lipinski definition) is 1. The molecular weight excluding hydrogens is 379 g/mol. The van der Waals surface area contributed by atoms with Crippen molar-refractivity contribution in [2.75, 3.05) is 18.2 Å². The lowest BCUT2D eigenvalue weighted by atomic mass is 10.3. The third-order valence-electron chi connectivity index (χ3n) is 3.40. The van der Waals surface area contributed by atoms with Crippen LogP contribution in [0, 0.1) is 5.82 Å². The number of amides is 1. The van der Waals surface area contributed by atoms with Gasteiger partial charge in [-0.25, -0.2) is 4.39 Å². The Morgan fingerprint density at radius 1 is 1.35 bits per heavy atom. The number of benzene rings is 2. The Hall–Kier alpha value is -2.58. The monoisotopic (exact) mass is 392 g/mol. The van der Waals surface area contributed by atoms with Crippen molar-refractivity contribution in [3.8, 4) is 11.4 Å². The molecule has 1 amide bonds. The second kappa shape index (κ2) is 8.20. The smallest absolute Gasteiger partial charge is 0.234 e. The lowest BCUT2D eigenvalue weighted by Gasteiger charge is -2.11. The molecule has 26 heavy (non-hydrogen) atoms. The standard InChI is InChI=1S/C17H14ClFN4O2S/c1-25-15-5-3-2-4-14(15)23-10-20-22-17(23)26-9-16(24)21-13-7-6-11(19)8-12(13)18/h2-8,10H,9H2,1H3,(H,21,24). The first-order chi connectivity index (χ1) is 12.6. The number of methoxy groups -OCH3 is 1. The van der Waals surface area contributed by atoms with Crippen LogP contribution in [0.1, 0.15) is 0 Å². The number of halogens is 2. The molecule has 0 aliphatic heterocycles. The molecule has 2 aromatic carbocycles. The molecule has 0 atom stereocenters. The van der Waals surface area contributed by atoms with Gasteiger partial charge in [-0.05, 0) is 30.3 Å². The normalized spacial score (nSPS) is 10.6. The summed E-state index contributed by atoms with van der Waals surface area (Å²) in [6.45, 7) is 0. The maximum atomic E-state index is 13.1. The minimum absolute atomic E-state index is 0.0849. The predicted molar refractivity (Wildman–Crippen MR) is 98.7 cm³/mol. The number of thioether (sulfide) groups is 1. The zero-order valence-corrected chi connectivity index (χ0v) is 15.2. The molecule has 1 heterocycles. The molecule has 1 aromatic heterocycles. The van der Waals surface area contributed by atoms with Crippen molar-refractivity contribution in [1.29, 1.82) is 0 Å². The molecule has 134 valence electrons. The highest BCUT2D eigenvalue weighted by Crippen LogP contribution is 2.27. The van der Waals surface area contributed by atoms with E-state index in [0.717, 1.165) is 11.8 Å². The zero-order chi connectivity index (χ0) is 18.5. The second-order valence-electron chi connectivity index (χ2n) is 5.12. The Balaban J connectivity index is 1.69. The van der Waals surface area contributed by atoms with E-state index in [1.54, 1.807) is 18.0 Å². The van der Waals surface area contributed by atoms with Gasteiger partial charge >= 0.3 is 0 Å². The van der Waals surface area contributed by atoms with Crippen molar-refractivity contribution < 1.29 is 13.9 Å². The van der Waals surface area contributed by atoms with Gasteiger partial charge in [0.15, 0.2) is 5.16 Å². The Kier molecular flexibility index (Phi) is 5.75. The summed E-state index contributed by atoms with van der Waals surface area (Å²) in [7, 11) is 1.58. The molecular formula is C17H14ClFN4O2S. The highest BCUT2D eigenvalue weighted by atomic mass is 35.5. The van der Waals surface area contributed by atoms with Gasteiger partial charge in [-0.3, -0.25) is 9.36 Å². The number of para-hydroxylation sites is 2. The van der Waals surface area contributed by atoms with Crippen LogP contribution in [-0.4, -0.2) is 33.5 Å². The number of nitrogens with zero attached hydrogens (tertiary/aromatic N) is 3. The van der Waals surface area contributed by atoms with E-state index in [4.69, 9.17) is 16.3 Å². The first-order valence-corrected chi connectivity index (χ1v) is 8.86. The quantitative estimate of drug-likeness (QED) is 0.646. The van der Waals surface area contributed by atoms with Gasteiger partial charge < -0.3 is 10.1 Å². The third kappa shape index (κ3) is 4.14. The fraction of sp³-hybridized carbons (Fsp3) is 0.118. The van der Waals surface area contributed by atoms with Crippen LogP contribution in [0.5, 0.6) is 5.75 Å². The first-order valence-electron chi connectivity index (χ1n) is 7.49. The molecule has 0 saturated heterocycles. The zero-order valence-electron chi connectivity index (χ0n) is 13.6. The topological polar surface area (TPSA) is 69.0 Å². The maximum Gasteiger partial charge on any atom is 0.234 e. The molecule has 0 radical (unpaired) electrons. The summed E-state index contributed by atoms with van der Waals surface area (Å²) in [4.78, 5) is 12.1. The van der Waals surface area contributed by atoms with Crippen molar-refractivity contribution in [2.45, 2.75) is 5.16 Å². The van der Waals surface area contributed by atoms with Gasteiger partial charge in [0.1, 0.15) is 17.9 Å². The predicted octanol–water partition coefficient (Wildman–Crippen LogP) is 3.80. The van der Waals surface area contributed by atoms with Gasteiger partial charge in [-0.1, -0.05) is 35.5 Å². The van der Waals surface area contributed by atoms with E-state index in [2.05, 4.69) is 15.5 Å². The summed E-state index contributed by atoms with van der Waals surface area (Å²) in [5.74, 6) is -0.0104. The summed E-state index contributed by atoms with van der Waals surface area (Å²) in [6, 6.07) is 11.2. The fourth-order valence-electron chi connectivity index (χ4n) is 2.22. The lowest BCUT2D eigenvalue weighted by molar-refractivity contribution is -0.113. The van der Waals surface area contributed by atoms with Gasteiger partial charge in [0, 0.05) is 0 Å². The van der Waals surface area contributed by atoms with Crippen molar-refractivity contribution in [3.05, 3.63) is 59.6 Å². The molecule has 3 aromatic rings. The summed E-state index contributed by atoms with van der Waals surface area (Å²) in [5.41, 5.74) is 1.12. The average Bonchev–Trinajstić information content (AvgIpc) is 3.10. The van der Waals surface area contributed by atoms with E-state index in [9.17, 15) is 9.18 Å². The largest absolute Gasteiger partial charge is 0.495 e. The van der Waals surface area contributed by atoms with Crippen LogP contribution in [-0.2, 0) is 4.79 Å². The number of carbonyl (C=O) groups is 1. The minimum atomic E-state index is -0.465. The van der Waals surface area contributed by atoms with E-state index in [0.29, 0.717) is 16.6 Å². The van der Waals surface area contributed by atoms with Crippen LogP contribution in [0.4, 0.5) is 10.1 Å². The molecule has 0 bridgehead atoms. The summed E-state index contributed by atoms with van der Waals surface area (Å²) >= 11 is 7.12. The fourth-order valence-corrected chi connectivity index (χ4v) is 3.16. The van der Waals surface area contributed by atoms with Gasteiger partial charge in [-0.15, -0.1) is 10.2 Å². The van der Waals surface area contributed by atoms with Crippen molar-refractivity contribution in [2.24, 2.45) is 0 Å². The highest BCUT2D eigenvalue weighted by Gasteiger charge is 2.14. The van der Waals surface area contributed by atoms with E-state index < -0.39 is 5.82 Å². The van der Waals surface area contributed by atoms with Crippen LogP contribution < -0.4 is 10.1 Å². The third-order valence-corrected chi connectivity index (χ3v) is 4.65. The van der Waals surface area contributed by atoms with Gasteiger partial charge in [0.2, 0.25) is 5.91 Å². The van der Waals surface area contributed by atoms with Crippen LogP contribution in [0.25, 0.3) is 5.69 Å². The van der Waals surface area contributed by atoms with Crippen LogP contribution in [0.3, 0.4) is 0 Å². The van der Waals surface area contributed by atoms with Gasteiger partial charge in [-0.2, -0.15) is 0 Å². The van der Waals surface area contributed by atoms with E-state index in [1.807, 2.05) is 24.3 Å². The average molecular weight is 393 g/mol. The molecule has 0 fully saturated rings. The van der Waals surface area contributed by atoms with Crippen molar-refractivity contribution in [1.82, 2.24) is 14.8 Å². The number of anilines is 1. The lowest BCUT2D eigenvalue weighted by Crippen LogP contribution is -2.15. The maximum absolute atomic E-state index is 13.1. The minimum Gasteiger partial charge on any atom is -0.495 e. The van der Waals surface area contributed by atoms with Gasteiger partial charge in [0.25, 0.3) is 0 Å². The number of aromatic nitrogens is 3. The molecule has 3 rings (SSSR count). The van der Waals surface area contributed by atoms with Crippen molar-refractivity contribution >= 4 is 35.0 Å². The first kappa shape index (κ1) is 18.2. The van der Waals surface area contributed by atoms with Crippen LogP contribution in [0.15, 0.2) is 53.9 Å². The van der Waals surface area contributed by atoms with Crippen LogP contribution in [0.2, 0.25) is 5.02 Å². The highest BCUT2D eigenvalue weighted by molar-refractivity contribution is 7.99. The Labute approximate surface area is 158 Å². The van der Waals surface area contributed by atoms with Gasteiger partial charge in [0.05, 0.1) is 29.3 Å². The molecule has 9 heteroatoms. The van der Waals surface area contributed by atoms with Crippen LogP contribution >= 0.6 is 23.4 Å². The number of nitrogens with one attached hydrogen (secondary N) is 1. The summed E-state index contributed by atoms with van der Waals surface area (Å²) < 4.78 is 20.1. The Morgan fingerprint density at radius 3 is 2.92 bits per heavy atom. The molecule has 1 N–H and O–H groups in total. The number of carbonyl (C=O) groups excluding carboxylic acids is 1. The molecule has 0 aliphatic carbocycles. The molecule has 0 spiro atoms. The number of ether oxygens (including phenoxy) is 1. The number of rotatable bonds is 6. The SMILES string of the molecule is COc1ccccc1-n1cnnc1SCC(=O)Nc1ccc(F)cc1Cl. The molecule has 0 saturated carbocycles. The molecule has 0 aliphatic rings. The summed E-state index contributed by atoms with van der Waals surface area (Å²) in [6.07, 6.45) is 1.55. The summed E-state index contributed by atoms with van der Waals surface area (Å²) in [5, 5.41) is 11.3. The Morgan fingerprint density at radius 2 is 2.15 bits per heavy atom. The van der Waals surface area contributed by atoms with E-state index >= 15 is 0 Å². The Bertz CT molecular complexity index is 935.